The number of carbonyl (C=O) groups is 1. The van der Waals surface area contributed by atoms with Gasteiger partial charge >= 0.3 is 0 Å². The first-order valence-electron chi connectivity index (χ1n) is 12.6. The summed E-state index contributed by atoms with van der Waals surface area (Å²) < 4.78 is 1.99. The molecule has 3 heterocycles. The van der Waals surface area contributed by atoms with E-state index in [-0.39, 0.29) is 17.4 Å². The van der Waals surface area contributed by atoms with E-state index in [0.717, 1.165) is 38.1 Å². The Bertz CT molecular complexity index is 820. The summed E-state index contributed by atoms with van der Waals surface area (Å²) in [5.74, 6) is 2.12. The number of nitrogens with one attached hydrogen (secondary N) is 2. The molecular weight excluding hydrogens is 374 g/mol. The highest BCUT2D eigenvalue weighted by atomic mass is 16.2. The van der Waals surface area contributed by atoms with Gasteiger partial charge < -0.3 is 14.8 Å². The number of amides is 1. The second-order valence-electron chi connectivity index (χ2n) is 10.6. The molecule has 30 heavy (non-hydrogen) atoms. The smallest absolute Gasteiger partial charge is 0.274 e. The number of aromatic nitrogens is 1. The van der Waals surface area contributed by atoms with E-state index in [1.54, 1.807) is 4.90 Å². The topological polar surface area (TPSA) is 55.5 Å². The molecule has 2 N–H and O–H groups in total. The van der Waals surface area contributed by atoms with Crippen LogP contribution in [0.5, 0.6) is 0 Å². The van der Waals surface area contributed by atoms with Crippen LogP contribution in [0.4, 0.5) is 5.69 Å². The molecule has 1 aromatic heterocycles. The minimum absolute atomic E-state index is 0.0158. The van der Waals surface area contributed by atoms with Crippen LogP contribution in [0.25, 0.3) is 0 Å². The van der Waals surface area contributed by atoms with Crippen LogP contribution in [-0.4, -0.2) is 30.1 Å². The fraction of sp³-hybridized carbons (Fsp3) is 0.760. The minimum atomic E-state index is 0.0158. The zero-order valence-corrected chi connectivity index (χ0v) is 18.3. The molecule has 5 nitrogen and oxygen atoms in total. The van der Waals surface area contributed by atoms with Crippen molar-refractivity contribution in [2.75, 3.05) is 25.0 Å². The van der Waals surface area contributed by atoms with Crippen molar-refractivity contribution in [1.29, 1.82) is 0 Å². The van der Waals surface area contributed by atoms with E-state index >= 15 is 0 Å². The molecule has 5 rings (SSSR count). The van der Waals surface area contributed by atoms with Gasteiger partial charge in [0, 0.05) is 35.9 Å². The Hall–Kier alpha value is -1.62. The summed E-state index contributed by atoms with van der Waals surface area (Å²) in [4.78, 5) is 27.6. The largest absolute Gasteiger partial charge is 0.334 e. The Morgan fingerprint density at radius 1 is 1.00 bits per heavy atom. The highest BCUT2D eigenvalue weighted by molar-refractivity contribution is 5.92. The molecule has 0 spiro atoms. The van der Waals surface area contributed by atoms with Crippen LogP contribution in [0, 0.1) is 17.8 Å². The standard InChI is InChI=1S/C25H37N3O2/c29-24(20-9-5-2-6-10-20)26-22-11-12-23-21-13-19(16-28(23)25(22)30)15-27(17-21)14-18-7-3-1-4-8-18/h11-12,18-21H,1-10,13-17H2,(H,26,29)/p+1/t19-,21+/m0/s1. The van der Waals surface area contributed by atoms with E-state index in [1.165, 1.54) is 70.3 Å². The van der Waals surface area contributed by atoms with Crippen LogP contribution in [0.2, 0.25) is 0 Å². The highest BCUT2D eigenvalue weighted by Crippen LogP contribution is 2.32. The molecule has 1 aromatic rings. The number of nitrogens with zero attached hydrogens (tertiary/aromatic N) is 1. The minimum Gasteiger partial charge on any atom is -0.334 e. The van der Waals surface area contributed by atoms with Crippen molar-refractivity contribution in [2.24, 2.45) is 17.8 Å². The average Bonchev–Trinajstić information content (AvgIpc) is 2.77. The first kappa shape index (κ1) is 20.3. The number of anilines is 1. The number of pyridine rings is 1. The molecule has 2 bridgehead atoms. The van der Waals surface area contributed by atoms with Crippen molar-refractivity contribution < 1.29 is 9.69 Å². The third kappa shape index (κ3) is 4.23. The number of hydrogen-bond donors (Lipinski definition) is 2. The molecule has 3 fully saturated rings. The summed E-state index contributed by atoms with van der Waals surface area (Å²) in [6.07, 6.45) is 13.7. The van der Waals surface area contributed by atoms with Gasteiger partial charge in [-0.05, 0) is 44.2 Å². The van der Waals surface area contributed by atoms with Crippen molar-refractivity contribution in [1.82, 2.24) is 4.57 Å². The molecule has 2 aliphatic carbocycles. The van der Waals surface area contributed by atoms with E-state index in [1.807, 2.05) is 10.6 Å². The zero-order chi connectivity index (χ0) is 20.5. The van der Waals surface area contributed by atoms with Gasteiger partial charge in [0.2, 0.25) is 5.91 Å². The number of piperidine rings is 1. The SMILES string of the molecule is O=C(Nc1ccc2n(c1=O)C[C@H]1C[C@@H]2C[NH+](CC2CCCCC2)C1)C1CCCCC1. The predicted molar refractivity (Wildman–Crippen MR) is 119 cm³/mol. The van der Waals surface area contributed by atoms with Crippen LogP contribution >= 0.6 is 0 Å². The Kier molecular flexibility index (Phi) is 5.99. The summed E-state index contributed by atoms with van der Waals surface area (Å²) in [6.45, 7) is 4.52. The Balaban J connectivity index is 1.28. The van der Waals surface area contributed by atoms with Crippen molar-refractivity contribution >= 4 is 11.6 Å². The lowest BCUT2D eigenvalue weighted by atomic mass is 9.81. The monoisotopic (exact) mass is 412 g/mol. The van der Waals surface area contributed by atoms with Crippen LogP contribution in [0.15, 0.2) is 16.9 Å². The molecule has 0 aromatic carbocycles. The third-order valence-electron chi connectivity index (χ3n) is 8.33. The number of rotatable bonds is 4. The van der Waals surface area contributed by atoms with Gasteiger partial charge in [-0.25, -0.2) is 0 Å². The second-order valence-corrected chi connectivity index (χ2v) is 10.6. The quantitative estimate of drug-likeness (QED) is 0.799. The van der Waals surface area contributed by atoms with Crippen molar-refractivity contribution in [2.45, 2.75) is 83.1 Å². The Labute approximate surface area is 180 Å². The molecule has 2 aliphatic heterocycles. The van der Waals surface area contributed by atoms with Gasteiger partial charge in [-0.15, -0.1) is 0 Å². The van der Waals surface area contributed by atoms with Crippen molar-refractivity contribution in [3.05, 3.63) is 28.2 Å². The fourth-order valence-electron chi connectivity index (χ4n) is 6.83. The summed E-state index contributed by atoms with van der Waals surface area (Å²) in [5.41, 5.74) is 1.70. The number of quaternary nitrogens is 1. The molecule has 3 atom stereocenters. The summed E-state index contributed by atoms with van der Waals surface area (Å²) in [5, 5.41) is 2.98. The summed E-state index contributed by atoms with van der Waals surface area (Å²) in [7, 11) is 0. The van der Waals surface area contributed by atoms with Gasteiger partial charge in [0.05, 0.1) is 19.6 Å². The van der Waals surface area contributed by atoms with Gasteiger partial charge in [0.25, 0.3) is 5.56 Å². The zero-order valence-electron chi connectivity index (χ0n) is 18.3. The average molecular weight is 413 g/mol. The highest BCUT2D eigenvalue weighted by Gasteiger charge is 2.38. The fourth-order valence-corrected chi connectivity index (χ4v) is 6.83. The summed E-state index contributed by atoms with van der Waals surface area (Å²) in [6, 6.07) is 4.01. The maximum absolute atomic E-state index is 13.2. The second kappa shape index (κ2) is 8.86. The van der Waals surface area contributed by atoms with Crippen LogP contribution in [0.3, 0.4) is 0 Å². The number of fused-ring (bicyclic) bond motifs is 4. The molecule has 4 aliphatic rings. The lowest BCUT2D eigenvalue weighted by Crippen LogP contribution is -3.15. The first-order valence-corrected chi connectivity index (χ1v) is 12.6. The molecule has 1 saturated heterocycles. The molecule has 1 unspecified atom stereocenters. The van der Waals surface area contributed by atoms with E-state index in [2.05, 4.69) is 11.4 Å². The van der Waals surface area contributed by atoms with E-state index in [0.29, 0.717) is 17.5 Å². The van der Waals surface area contributed by atoms with Crippen LogP contribution < -0.4 is 15.8 Å². The Morgan fingerprint density at radius 2 is 1.73 bits per heavy atom. The normalized spacial score (nSPS) is 29.9. The van der Waals surface area contributed by atoms with Crippen molar-refractivity contribution in [3.8, 4) is 0 Å². The van der Waals surface area contributed by atoms with Gasteiger partial charge in [-0.2, -0.15) is 0 Å². The van der Waals surface area contributed by atoms with E-state index in [4.69, 9.17) is 0 Å². The third-order valence-corrected chi connectivity index (χ3v) is 8.33. The molecule has 2 saturated carbocycles. The maximum Gasteiger partial charge on any atom is 0.274 e. The van der Waals surface area contributed by atoms with Gasteiger partial charge in [0.1, 0.15) is 5.69 Å². The van der Waals surface area contributed by atoms with Gasteiger partial charge in [-0.1, -0.05) is 38.5 Å². The van der Waals surface area contributed by atoms with Gasteiger partial charge in [-0.3, -0.25) is 9.59 Å². The molecule has 5 heteroatoms. The molecular formula is C25H38N3O2+. The van der Waals surface area contributed by atoms with Crippen LogP contribution in [0.1, 0.15) is 82.2 Å². The van der Waals surface area contributed by atoms with E-state index in [9.17, 15) is 9.59 Å². The molecule has 1 amide bonds. The Morgan fingerprint density at radius 3 is 2.50 bits per heavy atom. The number of hydrogen-bond acceptors (Lipinski definition) is 2. The van der Waals surface area contributed by atoms with Gasteiger partial charge in [0.15, 0.2) is 0 Å². The molecule has 0 radical (unpaired) electrons. The number of carbonyl (C=O) groups excluding carboxylic acids is 1. The van der Waals surface area contributed by atoms with E-state index < -0.39 is 0 Å². The lowest BCUT2D eigenvalue weighted by molar-refractivity contribution is -0.914. The summed E-state index contributed by atoms with van der Waals surface area (Å²) >= 11 is 0. The first-order chi connectivity index (χ1) is 14.7. The predicted octanol–water partition coefficient (Wildman–Crippen LogP) is 2.95. The number of likely N-dealkylation sites (tertiary alicyclic amines) is 1. The van der Waals surface area contributed by atoms with Crippen LogP contribution in [-0.2, 0) is 11.3 Å². The molecule has 164 valence electrons. The van der Waals surface area contributed by atoms with Crippen molar-refractivity contribution in [3.63, 3.8) is 0 Å². The lowest BCUT2D eigenvalue weighted by Gasteiger charge is -2.41. The maximum atomic E-state index is 13.2.